The highest BCUT2D eigenvalue weighted by Gasteiger charge is 2.45. The van der Waals surface area contributed by atoms with Crippen molar-refractivity contribution in [3.8, 4) is 0 Å². The van der Waals surface area contributed by atoms with Gasteiger partial charge in [-0.15, -0.1) is 0 Å². The van der Waals surface area contributed by atoms with Crippen molar-refractivity contribution in [3.05, 3.63) is 68.8 Å². The van der Waals surface area contributed by atoms with Gasteiger partial charge in [0.25, 0.3) is 11.0 Å². The van der Waals surface area contributed by atoms with Crippen molar-refractivity contribution in [2.24, 2.45) is 0 Å². The minimum atomic E-state index is -4.33. The lowest BCUT2D eigenvalue weighted by molar-refractivity contribution is 0.0970. The molecule has 0 fully saturated rings. The molecule has 4 nitrogen and oxygen atoms in total. The van der Waals surface area contributed by atoms with Crippen molar-refractivity contribution in [2.45, 2.75) is 67.9 Å². The predicted octanol–water partition coefficient (Wildman–Crippen LogP) is 6.61. The van der Waals surface area contributed by atoms with Crippen LogP contribution in [-0.4, -0.2) is 17.2 Å². The molecule has 156 valence electrons. The number of hydrogen-bond donors (Lipinski definition) is 0. The average molecular weight is 414 g/mol. The van der Waals surface area contributed by atoms with Crippen molar-refractivity contribution in [1.29, 1.82) is 0 Å². The van der Waals surface area contributed by atoms with E-state index in [1.54, 1.807) is 34.6 Å². The third-order valence-corrected chi connectivity index (χ3v) is 7.39. The minimum Gasteiger partial charge on any atom is -0.315 e. The van der Waals surface area contributed by atoms with Crippen LogP contribution in [0.4, 0.5) is 0 Å². The predicted molar refractivity (Wildman–Crippen MR) is 118 cm³/mol. The summed E-state index contributed by atoms with van der Waals surface area (Å²) in [4.78, 5) is 27.1. The maximum Gasteiger partial charge on any atom is 0.340 e. The van der Waals surface area contributed by atoms with Gasteiger partial charge in [-0.2, -0.15) is 0 Å². The second kappa shape index (κ2) is 8.77. The maximum absolute atomic E-state index is 14.0. The third kappa shape index (κ3) is 4.60. The third-order valence-electron chi connectivity index (χ3n) is 5.22. The Balaban J connectivity index is 2.71. The van der Waals surface area contributed by atoms with Gasteiger partial charge >= 0.3 is 7.37 Å². The Morgan fingerprint density at radius 1 is 0.793 bits per heavy atom. The highest BCUT2D eigenvalue weighted by molar-refractivity contribution is 7.91. The maximum atomic E-state index is 14.0. The number of rotatable bonds is 7. The highest BCUT2D eigenvalue weighted by atomic mass is 31.2. The Morgan fingerprint density at radius 2 is 1.10 bits per heavy atom. The van der Waals surface area contributed by atoms with Crippen molar-refractivity contribution in [3.63, 3.8) is 0 Å². The van der Waals surface area contributed by atoms with Crippen LogP contribution in [0.2, 0.25) is 0 Å². The van der Waals surface area contributed by atoms with Gasteiger partial charge in [0.05, 0.1) is 6.10 Å². The first-order valence-corrected chi connectivity index (χ1v) is 11.6. The summed E-state index contributed by atoms with van der Waals surface area (Å²) < 4.78 is 19.8. The van der Waals surface area contributed by atoms with Crippen LogP contribution in [0, 0.1) is 41.5 Å². The van der Waals surface area contributed by atoms with Gasteiger partial charge in [-0.1, -0.05) is 42.3 Å². The number of aryl methyl sites for hydroxylation is 6. The lowest BCUT2D eigenvalue weighted by atomic mass is 10.0. The Bertz CT molecular complexity index is 900. The van der Waals surface area contributed by atoms with E-state index in [9.17, 15) is 14.2 Å². The Labute approximate surface area is 174 Å². The van der Waals surface area contributed by atoms with Gasteiger partial charge < -0.3 is 4.52 Å². The molecule has 0 aliphatic rings. The fraction of sp³-hybridized carbons (Fsp3) is 0.417. The van der Waals surface area contributed by atoms with E-state index in [0.717, 1.165) is 11.1 Å². The van der Waals surface area contributed by atoms with Crippen molar-refractivity contribution in [1.82, 2.24) is 0 Å². The van der Waals surface area contributed by atoms with Crippen molar-refractivity contribution >= 4 is 18.4 Å². The van der Waals surface area contributed by atoms with Crippen LogP contribution in [0.25, 0.3) is 0 Å². The smallest absolute Gasteiger partial charge is 0.315 e. The van der Waals surface area contributed by atoms with Gasteiger partial charge in [0.15, 0.2) is 0 Å². The molecule has 0 aliphatic carbocycles. The molecular formula is C24H31O4P. The van der Waals surface area contributed by atoms with Gasteiger partial charge in [-0.25, -0.2) is 0 Å². The summed E-state index contributed by atoms with van der Waals surface area (Å²) in [5.41, 5.74) is 4.02. The molecule has 1 atom stereocenters. The van der Waals surface area contributed by atoms with Crippen molar-refractivity contribution in [2.75, 3.05) is 0 Å². The summed E-state index contributed by atoms with van der Waals surface area (Å²) in [5.74, 6) is 0. The summed E-state index contributed by atoms with van der Waals surface area (Å²) in [6, 6.07) is 7.45. The molecule has 0 aromatic heterocycles. The fourth-order valence-corrected chi connectivity index (χ4v) is 6.17. The molecule has 0 N–H and O–H groups in total. The SMILES string of the molecule is CC[C@@H](C)OP(=O)(C(=O)c1c(C)cc(C)cc1C)C(=O)c1c(C)cc(C)cc1C. The molecule has 2 aromatic rings. The molecule has 0 amide bonds. The monoisotopic (exact) mass is 414 g/mol. The molecule has 0 aliphatic heterocycles. The standard InChI is InChI=1S/C24H31O4P/c1-9-20(8)28-29(27,23(25)21-16(4)10-14(2)11-17(21)5)24(26)22-18(6)12-15(3)13-19(22)7/h10-13,20H,9H2,1-8H3/t20-/m1/s1. The van der Waals surface area contributed by atoms with Gasteiger partial charge in [0.1, 0.15) is 0 Å². The molecule has 0 radical (unpaired) electrons. The summed E-state index contributed by atoms with van der Waals surface area (Å²) in [5, 5.41) is 0. The van der Waals surface area contributed by atoms with Gasteiger partial charge in [-0.05, 0) is 77.1 Å². The first-order chi connectivity index (χ1) is 13.4. The normalized spacial score (nSPS) is 12.7. The van der Waals surface area contributed by atoms with Gasteiger partial charge in [0, 0.05) is 11.1 Å². The summed E-state index contributed by atoms with van der Waals surface area (Å²) >= 11 is 0. The second-order valence-corrected chi connectivity index (χ2v) is 10.2. The zero-order valence-corrected chi connectivity index (χ0v) is 19.6. The lowest BCUT2D eigenvalue weighted by Gasteiger charge is -2.23. The van der Waals surface area contributed by atoms with Crippen LogP contribution in [0.3, 0.4) is 0 Å². The van der Waals surface area contributed by atoms with E-state index in [1.807, 2.05) is 45.0 Å². The summed E-state index contributed by atoms with van der Waals surface area (Å²) in [6.07, 6.45) is 0.0632. The molecule has 29 heavy (non-hydrogen) atoms. The van der Waals surface area contributed by atoms with Crippen LogP contribution in [0.1, 0.15) is 74.4 Å². The van der Waals surface area contributed by atoms with Crippen molar-refractivity contribution < 1.29 is 18.7 Å². The number of carbonyl (C=O) groups is 2. The van der Waals surface area contributed by atoms with E-state index in [0.29, 0.717) is 39.8 Å². The average Bonchev–Trinajstić information content (AvgIpc) is 2.59. The van der Waals surface area contributed by atoms with Gasteiger partial charge in [-0.3, -0.25) is 14.2 Å². The molecule has 0 unspecified atom stereocenters. The lowest BCUT2D eigenvalue weighted by Crippen LogP contribution is -2.20. The topological polar surface area (TPSA) is 60.4 Å². The largest absolute Gasteiger partial charge is 0.340 e. The number of carbonyl (C=O) groups excluding carboxylic acids is 2. The zero-order chi connectivity index (χ0) is 22.1. The van der Waals surface area contributed by atoms with E-state index in [4.69, 9.17) is 4.52 Å². The molecule has 0 heterocycles. The molecule has 0 saturated heterocycles. The van der Waals surface area contributed by atoms with Crippen LogP contribution < -0.4 is 0 Å². The number of hydrogen-bond acceptors (Lipinski definition) is 4. The molecule has 2 aromatic carbocycles. The number of benzene rings is 2. The van der Waals surface area contributed by atoms with Crippen LogP contribution in [0.15, 0.2) is 24.3 Å². The first kappa shape index (κ1) is 23.3. The molecule has 0 saturated carbocycles. The fourth-order valence-electron chi connectivity index (χ4n) is 3.85. The van der Waals surface area contributed by atoms with Crippen LogP contribution in [-0.2, 0) is 9.09 Å². The van der Waals surface area contributed by atoms with Crippen LogP contribution >= 0.6 is 7.37 Å². The minimum absolute atomic E-state index is 0.318. The van der Waals surface area contributed by atoms with E-state index >= 15 is 0 Å². The van der Waals surface area contributed by atoms with E-state index in [1.165, 1.54) is 0 Å². The van der Waals surface area contributed by atoms with Gasteiger partial charge in [0.2, 0.25) is 0 Å². The Hall–Kier alpha value is -2.03. The second-order valence-electron chi connectivity index (χ2n) is 8.03. The van der Waals surface area contributed by atoms with E-state index in [-0.39, 0.29) is 0 Å². The Kier molecular flexibility index (Phi) is 7.03. The molecule has 0 bridgehead atoms. The zero-order valence-electron chi connectivity index (χ0n) is 18.7. The van der Waals surface area contributed by atoms with Crippen LogP contribution in [0.5, 0.6) is 0 Å². The molecular weight excluding hydrogens is 383 g/mol. The Morgan fingerprint density at radius 3 is 1.38 bits per heavy atom. The molecule has 0 spiro atoms. The molecule has 5 heteroatoms. The summed E-state index contributed by atoms with van der Waals surface area (Å²) in [6.45, 7) is 14.7. The quantitative estimate of drug-likeness (QED) is 0.478. The first-order valence-electron chi connectivity index (χ1n) is 9.96. The molecule has 2 rings (SSSR count). The summed E-state index contributed by atoms with van der Waals surface area (Å²) in [7, 11) is -4.33. The van der Waals surface area contributed by atoms with E-state index < -0.39 is 24.5 Å². The van der Waals surface area contributed by atoms with E-state index in [2.05, 4.69) is 0 Å². The highest BCUT2D eigenvalue weighted by Crippen LogP contribution is 2.55.